The van der Waals surface area contributed by atoms with Gasteiger partial charge in [-0.1, -0.05) is 11.6 Å². The fourth-order valence-corrected chi connectivity index (χ4v) is 2.72. The zero-order valence-electron chi connectivity index (χ0n) is 12.2. The van der Waals surface area contributed by atoms with Crippen LogP contribution in [0, 0.1) is 5.92 Å². The van der Waals surface area contributed by atoms with Crippen molar-refractivity contribution in [1.29, 1.82) is 0 Å². The van der Waals surface area contributed by atoms with E-state index in [4.69, 9.17) is 22.1 Å². The van der Waals surface area contributed by atoms with E-state index in [-0.39, 0.29) is 5.91 Å². The average molecular weight is 313 g/mol. The Morgan fingerprint density at radius 2 is 2.19 bits per heavy atom. The Morgan fingerprint density at radius 1 is 1.48 bits per heavy atom. The quantitative estimate of drug-likeness (QED) is 0.809. The number of amides is 1. The summed E-state index contributed by atoms with van der Waals surface area (Å²) >= 11 is 6.05. The summed E-state index contributed by atoms with van der Waals surface area (Å²) in [4.78, 5) is 21.8. The number of nitrogens with zero attached hydrogens (tertiary/aromatic N) is 3. The van der Waals surface area contributed by atoms with Gasteiger partial charge in [0.2, 0.25) is 5.91 Å². The van der Waals surface area contributed by atoms with Crippen molar-refractivity contribution in [1.82, 2.24) is 9.97 Å². The zero-order valence-corrected chi connectivity index (χ0v) is 13.0. The second-order valence-corrected chi connectivity index (χ2v) is 5.59. The third kappa shape index (κ3) is 4.82. The van der Waals surface area contributed by atoms with Crippen molar-refractivity contribution < 1.29 is 9.53 Å². The molecule has 2 N–H and O–H groups in total. The maximum atomic E-state index is 11.0. The SMILES string of the molecule is CCOCc1nc(Cl)cc(N2CCC(CC(N)=O)CC2)n1. The van der Waals surface area contributed by atoms with Gasteiger partial charge in [0.25, 0.3) is 0 Å². The number of carbonyl (C=O) groups excluding carboxylic acids is 1. The van der Waals surface area contributed by atoms with Gasteiger partial charge in [0, 0.05) is 32.2 Å². The zero-order chi connectivity index (χ0) is 15.2. The van der Waals surface area contributed by atoms with Crippen molar-refractivity contribution in [2.24, 2.45) is 11.7 Å². The van der Waals surface area contributed by atoms with E-state index in [9.17, 15) is 4.79 Å². The molecule has 2 rings (SSSR count). The molecule has 1 amide bonds. The minimum Gasteiger partial charge on any atom is -0.374 e. The third-order valence-corrected chi connectivity index (χ3v) is 3.78. The summed E-state index contributed by atoms with van der Waals surface area (Å²) in [5.41, 5.74) is 5.25. The average Bonchev–Trinajstić information content (AvgIpc) is 2.44. The number of aromatic nitrogens is 2. The van der Waals surface area contributed by atoms with Crippen LogP contribution < -0.4 is 10.6 Å². The highest BCUT2D eigenvalue weighted by atomic mass is 35.5. The molecule has 0 unspecified atom stereocenters. The maximum absolute atomic E-state index is 11.0. The van der Waals surface area contributed by atoms with Gasteiger partial charge in [0.05, 0.1) is 0 Å². The molecule has 1 aromatic heterocycles. The number of hydrogen-bond donors (Lipinski definition) is 1. The molecule has 7 heteroatoms. The van der Waals surface area contributed by atoms with Crippen LogP contribution in [-0.2, 0) is 16.1 Å². The van der Waals surface area contributed by atoms with Crippen molar-refractivity contribution in [2.75, 3.05) is 24.6 Å². The number of carbonyl (C=O) groups is 1. The number of halogens is 1. The minimum absolute atomic E-state index is 0.225. The molecule has 0 aliphatic carbocycles. The molecule has 1 aromatic rings. The molecule has 0 atom stereocenters. The molecule has 6 nitrogen and oxygen atoms in total. The van der Waals surface area contributed by atoms with E-state index in [2.05, 4.69) is 14.9 Å². The highest BCUT2D eigenvalue weighted by Gasteiger charge is 2.22. The van der Waals surface area contributed by atoms with Crippen LogP contribution in [0.4, 0.5) is 5.82 Å². The fraction of sp³-hybridized carbons (Fsp3) is 0.643. The molecule has 0 aromatic carbocycles. The number of anilines is 1. The lowest BCUT2D eigenvalue weighted by Gasteiger charge is -2.32. The lowest BCUT2D eigenvalue weighted by atomic mass is 9.93. The van der Waals surface area contributed by atoms with Crippen LogP contribution in [0.2, 0.25) is 5.15 Å². The summed E-state index contributed by atoms with van der Waals surface area (Å²) in [6.07, 6.45) is 2.34. The third-order valence-electron chi connectivity index (χ3n) is 3.59. The molecule has 2 heterocycles. The number of ether oxygens (including phenoxy) is 1. The standard InChI is InChI=1S/C14H21ClN4O2/c1-2-21-9-13-17-11(15)8-14(18-13)19-5-3-10(4-6-19)7-12(16)20/h8,10H,2-7,9H2,1H3,(H2,16,20). The number of piperidine rings is 1. The molecule has 1 aliphatic heterocycles. The number of hydrogen-bond acceptors (Lipinski definition) is 5. The van der Waals surface area contributed by atoms with E-state index in [1.54, 1.807) is 6.07 Å². The summed E-state index contributed by atoms with van der Waals surface area (Å²) in [6, 6.07) is 1.77. The Kier molecular flexibility index (Phi) is 5.76. The summed E-state index contributed by atoms with van der Waals surface area (Å²) in [7, 11) is 0. The van der Waals surface area contributed by atoms with E-state index in [0.717, 1.165) is 31.7 Å². The van der Waals surface area contributed by atoms with E-state index in [0.29, 0.717) is 36.5 Å². The Hall–Kier alpha value is -1.40. The largest absolute Gasteiger partial charge is 0.374 e. The highest BCUT2D eigenvalue weighted by molar-refractivity contribution is 6.29. The van der Waals surface area contributed by atoms with Crippen LogP contribution in [0.15, 0.2) is 6.07 Å². The topological polar surface area (TPSA) is 81.3 Å². The molecule has 1 aliphatic rings. The van der Waals surface area contributed by atoms with Gasteiger partial charge in [-0.25, -0.2) is 9.97 Å². The molecule has 21 heavy (non-hydrogen) atoms. The van der Waals surface area contributed by atoms with Crippen molar-refractivity contribution in [3.05, 3.63) is 17.0 Å². The van der Waals surface area contributed by atoms with Crippen LogP contribution in [-0.4, -0.2) is 35.6 Å². The smallest absolute Gasteiger partial charge is 0.217 e. The van der Waals surface area contributed by atoms with E-state index >= 15 is 0 Å². The van der Waals surface area contributed by atoms with E-state index in [1.165, 1.54) is 0 Å². The molecule has 0 bridgehead atoms. The summed E-state index contributed by atoms with van der Waals surface area (Å²) in [5.74, 6) is 1.57. The number of primary amides is 1. The fourth-order valence-electron chi connectivity index (χ4n) is 2.52. The Bertz CT molecular complexity index is 490. The van der Waals surface area contributed by atoms with Crippen molar-refractivity contribution in [3.8, 4) is 0 Å². The van der Waals surface area contributed by atoms with Gasteiger partial charge in [0.1, 0.15) is 17.6 Å². The van der Waals surface area contributed by atoms with Crippen LogP contribution in [0.5, 0.6) is 0 Å². The van der Waals surface area contributed by atoms with Crippen LogP contribution in [0.25, 0.3) is 0 Å². The number of nitrogens with two attached hydrogens (primary N) is 1. The van der Waals surface area contributed by atoms with Gasteiger partial charge in [-0.2, -0.15) is 0 Å². The van der Waals surface area contributed by atoms with Crippen LogP contribution >= 0.6 is 11.6 Å². The van der Waals surface area contributed by atoms with Gasteiger partial charge in [0.15, 0.2) is 5.82 Å². The minimum atomic E-state index is -0.225. The molecule has 0 spiro atoms. The molecular weight excluding hydrogens is 292 g/mol. The lowest BCUT2D eigenvalue weighted by Crippen LogP contribution is -2.35. The predicted molar refractivity (Wildman–Crippen MR) is 81.1 cm³/mol. The van der Waals surface area contributed by atoms with Crippen molar-refractivity contribution >= 4 is 23.3 Å². The first-order chi connectivity index (χ1) is 10.1. The summed E-state index contributed by atoms with van der Waals surface area (Å²) < 4.78 is 5.32. The predicted octanol–water partition coefficient (Wildman–Crippen LogP) is 1.76. The molecule has 0 radical (unpaired) electrons. The van der Waals surface area contributed by atoms with Crippen LogP contribution in [0.1, 0.15) is 32.0 Å². The van der Waals surface area contributed by atoms with Crippen molar-refractivity contribution in [2.45, 2.75) is 32.8 Å². The van der Waals surface area contributed by atoms with Gasteiger partial charge in [-0.3, -0.25) is 4.79 Å². The molecule has 0 saturated carbocycles. The van der Waals surface area contributed by atoms with Gasteiger partial charge in [-0.15, -0.1) is 0 Å². The lowest BCUT2D eigenvalue weighted by molar-refractivity contribution is -0.119. The Morgan fingerprint density at radius 3 is 2.81 bits per heavy atom. The first kappa shape index (κ1) is 16.0. The summed E-state index contributed by atoms with van der Waals surface area (Å²) in [6.45, 7) is 4.60. The molecular formula is C14H21ClN4O2. The molecule has 1 saturated heterocycles. The monoisotopic (exact) mass is 312 g/mol. The van der Waals surface area contributed by atoms with Gasteiger partial charge < -0.3 is 15.4 Å². The summed E-state index contributed by atoms with van der Waals surface area (Å²) in [5, 5.41) is 0.425. The molecule has 116 valence electrons. The first-order valence-corrected chi connectivity index (χ1v) is 7.60. The normalized spacial score (nSPS) is 16.2. The highest BCUT2D eigenvalue weighted by Crippen LogP contribution is 2.25. The second kappa shape index (κ2) is 7.56. The second-order valence-electron chi connectivity index (χ2n) is 5.20. The van der Waals surface area contributed by atoms with E-state index < -0.39 is 0 Å². The van der Waals surface area contributed by atoms with E-state index in [1.807, 2.05) is 6.92 Å². The van der Waals surface area contributed by atoms with Crippen LogP contribution in [0.3, 0.4) is 0 Å². The molecule has 1 fully saturated rings. The Labute approximate surface area is 129 Å². The van der Waals surface area contributed by atoms with Crippen molar-refractivity contribution in [3.63, 3.8) is 0 Å². The Balaban J connectivity index is 1.99. The van der Waals surface area contributed by atoms with Gasteiger partial charge in [-0.05, 0) is 25.7 Å². The number of rotatable bonds is 6. The first-order valence-electron chi connectivity index (χ1n) is 7.23. The maximum Gasteiger partial charge on any atom is 0.217 e. The van der Waals surface area contributed by atoms with Gasteiger partial charge >= 0.3 is 0 Å².